The highest BCUT2D eigenvalue weighted by Crippen LogP contribution is 2.36. The van der Waals surface area contributed by atoms with Crippen molar-refractivity contribution in [2.24, 2.45) is 23.7 Å². The van der Waals surface area contributed by atoms with Crippen LogP contribution in [0, 0.1) is 91.2 Å². The smallest absolute Gasteiger partial charge is 0.256 e. The molecule has 4 amide bonds. The molecule has 4 aliphatic carbocycles. The summed E-state index contributed by atoms with van der Waals surface area (Å²) in [5, 5.41) is 11.1. The van der Waals surface area contributed by atoms with E-state index in [0.717, 1.165) is 107 Å². The summed E-state index contributed by atoms with van der Waals surface area (Å²) in [5.41, 5.74) is 8.78. The zero-order valence-electron chi connectivity index (χ0n) is 69.6. The summed E-state index contributed by atoms with van der Waals surface area (Å²) < 4.78 is 149. The molecule has 0 saturated heterocycles. The molecule has 8 aromatic carbocycles. The monoisotopic (exact) mass is 1850 g/mol. The summed E-state index contributed by atoms with van der Waals surface area (Å²) in [5.74, 6) is -12.3. The van der Waals surface area contributed by atoms with Crippen molar-refractivity contribution < 1.29 is 67.5 Å². The molecule has 4 aromatic heterocycles. The van der Waals surface area contributed by atoms with Gasteiger partial charge in [0.2, 0.25) is 23.5 Å². The fourth-order valence-electron chi connectivity index (χ4n) is 16.3. The first-order valence-electron chi connectivity index (χ1n) is 42.9. The third kappa shape index (κ3) is 26.8. The summed E-state index contributed by atoms with van der Waals surface area (Å²) in [4.78, 5) is 87.1. The number of carbonyl (C=O) groups is 4. The average molecular weight is 1850 g/mol. The maximum atomic E-state index is 14.0. The number of nitrogens with zero attached hydrogens (tertiary/aromatic N) is 8. The first-order chi connectivity index (χ1) is 61.5. The quantitative estimate of drug-likeness (QED) is 0.0203. The first-order valence-corrected chi connectivity index (χ1v) is 44.0. The number of nitrogens with one attached hydrogen (secondary N) is 4. The number of benzene rings is 8. The molecule has 4 heterocycles. The summed E-state index contributed by atoms with van der Waals surface area (Å²) in [6.45, 7) is 0. The molecule has 0 aliphatic heterocycles. The van der Waals surface area contributed by atoms with E-state index >= 15 is 0 Å². The summed E-state index contributed by atoms with van der Waals surface area (Å²) in [6.07, 6.45) is 31.2. The van der Waals surface area contributed by atoms with Crippen LogP contribution in [0.15, 0.2) is 195 Å². The van der Waals surface area contributed by atoms with Crippen molar-refractivity contribution in [3.63, 3.8) is 0 Å². The van der Waals surface area contributed by atoms with Crippen molar-refractivity contribution in [3.05, 3.63) is 307 Å². The minimum absolute atomic E-state index is 0.0373. The van der Waals surface area contributed by atoms with Crippen LogP contribution in [-0.4, -0.2) is 63.5 Å². The lowest BCUT2D eigenvalue weighted by molar-refractivity contribution is -0.116. The Morgan fingerprint density at radius 2 is 0.598 bits per heavy atom. The van der Waals surface area contributed by atoms with Gasteiger partial charge in [0.05, 0.1) is 89.6 Å². The van der Waals surface area contributed by atoms with E-state index in [1.54, 1.807) is 67.1 Å². The Balaban J connectivity index is 0.000000145. The zero-order chi connectivity index (χ0) is 89.3. The third-order valence-electron chi connectivity index (χ3n) is 23.1. The van der Waals surface area contributed by atoms with Gasteiger partial charge in [-0.1, -0.05) is 165 Å². The third-order valence-corrected chi connectivity index (χ3v) is 23.8. The van der Waals surface area contributed by atoms with Gasteiger partial charge in [0, 0.05) is 37.0 Å². The van der Waals surface area contributed by atoms with Crippen LogP contribution in [0.5, 0.6) is 0 Å². The maximum absolute atomic E-state index is 14.0. The summed E-state index contributed by atoms with van der Waals surface area (Å²) in [7, 11) is 0. The lowest BCUT2D eigenvalue weighted by atomic mass is 9.86. The number of halogens is 12. The largest absolute Gasteiger partial charge is 0.309 e. The van der Waals surface area contributed by atoms with Crippen LogP contribution in [0.4, 0.5) is 71.6 Å². The van der Waals surface area contributed by atoms with Gasteiger partial charge in [-0.05, 0) is 217 Å². The van der Waals surface area contributed by atoms with E-state index in [1.807, 2.05) is 42.5 Å². The molecule has 0 unspecified atom stereocenters. The number of hydrogen-bond acceptors (Lipinski definition) is 12. The molecule has 658 valence electrons. The lowest BCUT2D eigenvalue weighted by Gasteiger charge is -2.22. The lowest BCUT2D eigenvalue weighted by Crippen LogP contribution is -2.21. The van der Waals surface area contributed by atoms with E-state index in [4.69, 9.17) is 15.0 Å². The Kier molecular flexibility index (Phi) is 33.1. The van der Waals surface area contributed by atoms with Crippen molar-refractivity contribution in [3.8, 4) is 45.0 Å². The molecule has 4 fully saturated rings. The minimum Gasteiger partial charge on any atom is -0.309 e. The van der Waals surface area contributed by atoms with Gasteiger partial charge in [0.1, 0.15) is 23.3 Å². The number of anilines is 4. The van der Waals surface area contributed by atoms with Gasteiger partial charge in [-0.15, -0.1) is 0 Å². The van der Waals surface area contributed by atoms with Crippen LogP contribution < -0.4 is 21.3 Å². The first kappa shape index (κ1) is 92.6. The van der Waals surface area contributed by atoms with Gasteiger partial charge in [-0.2, -0.15) is 0 Å². The molecule has 127 heavy (non-hydrogen) atoms. The van der Waals surface area contributed by atoms with Gasteiger partial charge in [-0.25, -0.2) is 88.2 Å². The number of aromatic nitrogens is 8. The van der Waals surface area contributed by atoms with Crippen LogP contribution in [-0.2, 0) is 59.3 Å². The molecule has 16 nitrogen and oxygen atoms in total. The Labute approximate surface area is 743 Å². The second kappa shape index (κ2) is 45.4. The van der Waals surface area contributed by atoms with Crippen LogP contribution in [0.2, 0.25) is 0 Å². The number of hydrogen-bond donors (Lipinski definition) is 4. The van der Waals surface area contributed by atoms with E-state index < -0.39 is 64.4 Å². The number of carbonyl (C=O) groups excluding carboxylic acids is 4. The van der Waals surface area contributed by atoms with E-state index in [-0.39, 0.29) is 53.3 Å². The predicted molar refractivity (Wildman–Crippen MR) is 474 cm³/mol. The Hall–Kier alpha value is -12.1. The summed E-state index contributed by atoms with van der Waals surface area (Å²) in [6, 6.07) is 44.6. The van der Waals surface area contributed by atoms with Crippen molar-refractivity contribution >= 4 is 69.5 Å². The molecule has 16 rings (SSSR count). The van der Waals surface area contributed by atoms with E-state index in [2.05, 4.69) is 68.8 Å². The van der Waals surface area contributed by atoms with Crippen LogP contribution >= 0.6 is 22.6 Å². The molecule has 0 atom stereocenters. The van der Waals surface area contributed by atoms with Crippen molar-refractivity contribution in [2.45, 2.75) is 173 Å². The number of rotatable bonds is 23. The van der Waals surface area contributed by atoms with Crippen molar-refractivity contribution in [1.82, 2.24) is 39.9 Å². The minimum atomic E-state index is -2.29. The van der Waals surface area contributed by atoms with E-state index in [0.29, 0.717) is 105 Å². The van der Waals surface area contributed by atoms with Crippen LogP contribution in [0.25, 0.3) is 45.0 Å². The van der Waals surface area contributed by atoms with Crippen LogP contribution in [0.3, 0.4) is 0 Å². The van der Waals surface area contributed by atoms with Crippen LogP contribution in [0.1, 0.15) is 178 Å². The molecular weight excluding hydrogens is 1760 g/mol. The molecule has 4 saturated carbocycles. The normalized spacial score (nSPS) is 14.4. The van der Waals surface area contributed by atoms with Crippen molar-refractivity contribution in [1.29, 1.82) is 0 Å². The van der Waals surface area contributed by atoms with E-state index in [1.165, 1.54) is 156 Å². The molecule has 0 bridgehead atoms. The van der Waals surface area contributed by atoms with E-state index in [9.17, 15) is 67.5 Å². The fourth-order valence-corrected chi connectivity index (χ4v) is 16.6. The second-order valence-electron chi connectivity index (χ2n) is 32.5. The van der Waals surface area contributed by atoms with Crippen molar-refractivity contribution in [2.75, 3.05) is 21.3 Å². The maximum Gasteiger partial charge on any atom is 0.256 e. The standard InChI is InChI=1S/C25H21F6N3O.C25H24F3N3O.C25H25FIN3O.C24H24FN3O/c26-15-8-6-14(7-9-15)18-12-32-25(17(33-18)10-13-4-2-1-3-5-13)34-19(35)11-16-20(27)22(29)24(31)23(30)21(16)28;26-19-9-7-18(8-10-19)23-15-29-25(22(30-23)13-16-4-2-1-3-5-16)31-24(32)14-17-6-11-20(27)21(28)12-17;26-20-10-8-19(9-11-20)23-16-28-25(22(29-23)14-17-4-2-1-3-5-17)30-24(31)15-18-6-12-21(27)13-7-18;25-20-13-11-18(12-14-20)22-16-26-23(28-24(29)19-9-5-2-6-10-19)21(27-22)15-17-7-3-1-4-8-17/h6-9,12-13H,1-5,10-11H2,(H,32,34,35);6-12,15-16H,1-5,13-14H2,(H,29,31,32);6-13,16-17H,1-5,14-15H2,(H,28,30,31);2,5-6,9-14,16-17H,1,3-4,7-8,15H2,(H,26,28,29). The number of amides is 4. The SMILES string of the molecule is O=C(Cc1c(F)c(F)c(F)c(F)c1F)Nc1ncc(-c2ccc(F)cc2)nc1CC1CCCCC1.O=C(Cc1ccc(F)c(F)c1)Nc1ncc(-c2ccc(F)cc2)nc1CC1CCCCC1.O=C(Cc1ccc(I)cc1)Nc1ncc(-c2ccc(F)cc2)nc1CC1CCCCC1.O=C(Nc1ncc(-c2ccc(F)cc2)nc1CC1CCCCC1)c1ccccc1. The Morgan fingerprint density at radius 1 is 0.307 bits per heavy atom. The molecule has 12 aromatic rings. The highest BCUT2D eigenvalue weighted by molar-refractivity contribution is 14.1. The Bertz CT molecular complexity index is 5720. The molecule has 28 heteroatoms. The average Bonchev–Trinajstić information content (AvgIpc) is 0.802. The Morgan fingerprint density at radius 3 is 0.921 bits per heavy atom. The molecule has 4 aliphatic rings. The zero-order valence-corrected chi connectivity index (χ0v) is 71.8. The van der Waals surface area contributed by atoms with Gasteiger partial charge in [0.15, 0.2) is 58.2 Å². The van der Waals surface area contributed by atoms with Gasteiger partial charge >= 0.3 is 0 Å². The highest BCUT2D eigenvalue weighted by Gasteiger charge is 2.30. The van der Waals surface area contributed by atoms with Gasteiger partial charge < -0.3 is 21.3 Å². The topological polar surface area (TPSA) is 220 Å². The molecular formula is C99H94F11IN12O4. The molecule has 0 radical (unpaired) electrons. The molecule has 0 spiro atoms. The summed E-state index contributed by atoms with van der Waals surface area (Å²) >= 11 is 2.25. The highest BCUT2D eigenvalue weighted by atomic mass is 127. The predicted octanol–water partition coefficient (Wildman–Crippen LogP) is 24.0. The van der Waals surface area contributed by atoms with Gasteiger partial charge in [0.25, 0.3) is 5.91 Å². The fraction of sp³-hybridized carbons (Fsp3) is 0.313. The second-order valence-corrected chi connectivity index (χ2v) is 33.7. The molecule has 4 N–H and O–H groups in total. The van der Waals surface area contributed by atoms with Gasteiger partial charge in [-0.3, -0.25) is 19.2 Å².